The topological polar surface area (TPSA) is 36.2 Å². The van der Waals surface area contributed by atoms with Crippen molar-refractivity contribution in [2.45, 2.75) is 24.7 Å². The van der Waals surface area contributed by atoms with Gasteiger partial charge in [0.15, 0.2) is 0 Å². The molecule has 2 aliphatic rings. The number of fused-ring (bicyclic) bond motifs is 9. The normalized spacial score (nSPS) is 14.0. The Kier molecular flexibility index (Phi) is 10.3. The van der Waals surface area contributed by atoms with Gasteiger partial charge in [-0.15, -0.1) is 0 Å². The summed E-state index contributed by atoms with van der Waals surface area (Å²) in [5.41, 5.74) is 20.5. The second kappa shape index (κ2) is 17.2. The molecule has 340 valence electrons. The summed E-state index contributed by atoms with van der Waals surface area (Å²) >= 11 is 0. The Morgan fingerprint density at radius 2 is 0.958 bits per heavy atom. The van der Waals surface area contributed by atoms with E-state index < -0.39 is 5.41 Å². The maximum Gasteiger partial charge on any atom is 0.0729 e. The van der Waals surface area contributed by atoms with E-state index in [0.717, 1.165) is 55.4 Å². The molecule has 0 radical (unpaired) electrons. The quantitative estimate of drug-likeness (QED) is 0.140. The van der Waals surface area contributed by atoms with Gasteiger partial charge in [-0.3, -0.25) is 4.99 Å². The summed E-state index contributed by atoms with van der Waals surface area (Å²) in [7, 11) is 0. The molecule has 0 atom stereocenters. The van der Waals surface area contributed by atoms with Gasteiger partial charge in [-0.1, -0.05) is 263 Å². The maximum absolute atomic E-state index is 10.1. The standard InChI is InChI=1S/C70H50N2/c1-69(2)62-34-18-31-53(66(62)60-41-40-47-22-12-13-27-54(47)68(60)69)49-38-36-48(37-39-49)52-42-43-57(56-29-15-14-28-55(52)56)65(72-45-46-20-6-3-7-21-46)44-64(71)59-32-19-35-63-67(59)58-30-16-17-33-61(58)70(63,50-23-8-4-9-24-50)51-25-10-5-11-26-51/h3-45,71H,1-2H3/b65-44-,71-64?,72-45?. The number of allylic oxidation sites excluding steroid dienone is 1. The lowest BCUT2D eigenvalue weighted by Crippen LogP contribution is -2.28. The van der Waals surface area contributed by atoms with Crippen molar-refractivity contribution in [2.75, 3.05) is 0 Å². The zero-order valence-corrected chi connectivity index (χ0v) is 40.3. The third-order valence-corrected chi connectivity index (χ3v) is 15.5. The van der Waals surface area contributed by atoms with Crippen LogP contribution < -0.4 is 0 Å². The van der Waals surface area contributed by atoms with Crippen LogP contribution in [0.4, 0.5) is 0 Å². The van der Waals surface area contributed by atoms with Crippen molar-refractivity contribution in [3.8, 4) is 44.5 Å². The molecule has 0 aromatic heterocycles. The van der Waals surface area contributed by atoms with Crippen molar-refractivity contribution in [2.24, 2.45) is 4.99 Å². The van der Waals surface area contributed by atoms with Crippen LogP contribution >= 0.6 is 0 Å². The van der Waals surface area contributed by atoms with Crippen molar-refractivity contribution >= 4 is 39.2 Å². The molecule has 0 saturated heterocycles. The molecule has 2 nitrogen and oxygen atoms in total. The molecule has 2 aliphatic carbocycles. The molecule has 0 unspecified atom stereocenters. The average Bonchev–Trinajstić information content (AvgIpc) is 3.89. The van der Waals surface area contributed by atoms with E-state index >= 15 is 0 Å². The molecule has 0 fully saturated rings. The van der Waals surface area contributed by atoms with Gasteiger partial charge in [0.05, 0.1) is 16.8 Å². The molecule has 1 N–H and O–H groups in total. The minimum absolute atomic E-state index is 0.123. The minimum Gasteiger partial charge on any atom is -0.300 e. The lowest BCUT2D eigenvalue weighted by atomic mass is 9.67. The number of hydrogen-bond donors (Lipinski definition) is 1. The summed E-state index contributed by atoms with van der Waals surface area (Å²) in [4.78, 5) is 5.26. The highest BCUT2D eigenvalue weighted by Gasteiger charge is 2.47. The van der Waals surface area contributed by atoms with Gasteiger partial charge >= 0.3 is 0 Å². The Morgan fingerprint density at radius 1 is 0.403 bits per heavy atom. The molecule has 72 heavy (non-hydrogen) atoms. The van der Waals surface area contributed by atoms with Crippen LogP contribution in [-0.2, 0) is 10.8 Å². The van der Waals surface area contributed by atoms with Crippen molar-refractivity contribution in [1.29, 1.82) is 5.41 Å². The Balaban J connectivity index is 0.924. The summed E-state index contributed by atoms with van der Waals surface area (Å²) in [5.74, 6) is 0. The SMILES string of the molecule is CC1(C)c2cccc(-c3ccc(-c4ccc(/C(=C/C(=N)c5cccc6c5-c5ccccc5C6(c5ccccc5)c5ccccc5)N=Cc5ccccc5)c5ccccc45)cc3)c2-c2ccc3ccccc3c21. The summed E-state index contributed by atoms with van der Waals surface area (Å²) in [6, 6.07) is 89.6. The van der Waals surface area contributed by atoms with Gasteiger partial charge in [-0.25, -0.2) is 0 Å². The number of aliphatic imine (C=N–C) groups is 1. The first-order valence-corrected chi connectivity index (χ1v) is 24.9. The molecule has 0 amide bonds. The highest BCUT2D eigenvalue weighted by atomic mass is 14.7. The van der Waals surface area contributed by atoms with Crippen molar-refractivity contribution in [3.63, 3.8) is 0 Å². The Bertz CT molecular complexity index is 3950. The highest BCUT2D eigenvalue weighted by molar-refractivity contribution is 6.17. The van der Waals surface area contributed by atoms with E-state index in [9.17, 15) is 5.41 Å². The van der Waals surface area contributed by atoms with Gasteiger partial charge in [0, 0.05) is 22.8 Å². The van der Waals surface area contributed by atoms with Gasteiger partial charge in [-0.05, 0) is 111 Å². The minimum atomic E-state index is -0.564. The smallest absolute Gasteiger partial charge is 0.0729 e. The molecule has 11 aromatic rings. The van der Waals surface area contributed by atoms with Crippen LogP contribution in [0.3, 0.4) is 0 Å². The molecule has 0 bridgehead atoms. The first-order valence-electron chi connectivity index (χ1n) is 24.9. The molecule has 0 heterocycles. The molecule has 2 heteroatoms. The maximum atomic E-state index is 10.1. The first-order chi connectivity index (χ1) is 35.4. The Hall–Kier alpha value is -8.98. The van der Waals surface area contributed by atoms with Crippen LogP contribution in [0.5, 0.6) is 0 Å². The fourth-order valence-electron chi connectivity index (χ4n) is 12.3. The second-order valence-electron chi connectivity index (χ2n) is 19.7. The van der Waals surface area contributed by atoms with Crippen LogP contribution in [0.1, 0.15) is 63.9 Å². The van der Waals surface area contributed by atoms with Gasteiger partial charge < -0.3 is 5.41 Å². The van der Waals surface area contributed by atoms with Crippen LogP contribution in [0.25, 0.3) is 71.7 Å². The fourth-order valence-corrected chi connectivity index (χ4v) is 12.3. The van der Waals surface area contributed by atoms with E-state index in [4.69, 9.17) is 4.99 Å². The predicted octanol–water partition coefficient (Wildman–Crippen LogP) is 17.5. The number of hydrogen-bond acceptors (Lipinski definition) is 2. The van der Waals surface area contributed by atoms with Gasteiger partial charge in [0.2, 0.25) is 0 Å². The lowest BCUT2D eigenvalue weighted by Gasteiger charge is -2.33. The third kappa shape index (κ3) is 6.71. The predicted molar refractivity (Wildman–Crippen MR) is 302 cm³/mol. The Labute approximate surface area is 421 Å². The van der Waals surface area contributed by atoms with Crippen LogP contribution in [0.15, 0.2) is 260 Å². The van der Waals surface area contributed by atoms with Crippen molar-refractivity contribution < 1.29 is 0 Å². The molecule has 13 rings (SSSR count). The van der Waals surface area contributed by atoms with E-state index in [1.165, 1.54) is 66.4 Å². The number of rotatable bonds is 9. The Morgan fingerprint density at radius 3 is 1.69 bits per heavy atom. The van der Waals surface area contributed by atoms with E-state index in [-0.39, 0.29) is 5.41 Å². The summed E-state index contributed by atoms with van der Waals surface area (Å²) < 4.78 is 0. The van der Waals surface area contributed by atoms with E-state index in [1.54, 1.807) is 0 Å². The third-order valence-electron chi connectivity index (χ3n) is 15.5. The monoisotopic (exact) mass is 918 g/mol. The first kappa shape index (κ1) is 43.1. The summed E-state index contributed by atoms with van der Waals surface area (Å²) in [5, 5.41) is 14.9. The molecular formula is C70H50N2. The van der Waals surface area contributed by atoms with Crippen molar-refractivity contribution in [1.82, 2.24) is 0 Å². The van der Waals surface area contributed by atoms with Gasteiger partial charge in [0.1, 0.15) is 0 Å². The fraction of sp³-hybridized carbons (Fsp3) is 0.0571. The molecule has 0 saturated carbocycles. The molecule has 11 aromatic carbocycles. The molecule has 0 aliphatic heterocycles. The van der Waals surface area contributed by atoms with Crippen LogP contribution in [-0.4, -0.2) is 11.9 Å². The van der Waals surface area contributed by atoms with Gasteiger partial charge in [-0.2, -0.15) is 0 Å². The lowest BCUT2D eigenvalue weighted by molar-refractivity contribution is 0.666. The average molecular weight is 919 g/mol. The number of nitrogens with zero attached hydrogens (tertiary/aromatic N) is 1. The summed E-state index contributed by atoms with van der Waals surface area (Å²) in [6.07, 6.45) is 3.89. The number of benzene rings is 11. The van der Waals surface area contributed by atoms with Crippen LogP contribution in [0.2, 0.25) is 0 Å². The van der Waals surface area contributed by atoms with Gasteiger partial charge in [0.25, 0.3) is 0 Å². The molecular weight excluding hydrogens is 869 g/mol. The second-order valence-corrected chi connectivity index (χ2v) is 19.7. The van der Waals surface area contributed by atoms with Crippen molar-refractivity contribution in [3.05, 3.63) is 305 Å². The van der Waals surface area contributed by atoms with E-state index in [1.807, 2.05) is 30.5 Å². The summed E-state index contributed by atoms with van der Waals surface area (Å²) in [6.45, 7) is 4.74. The van der Waals surface area contributed by atoms with Crippen LogP contribution in [0, 0.1) is 5.41 Å². The largest absolute Gasteiger partial charge is 0.300 e. The van der Waals surface area contributed by atoms with E-state index in [0.29, 0.717) is 5.71 Å². The highest BCUT2D eigenvalue weighted by Crippen LogP contribution is 2.58. The van der Waals surface area contributed by atoms with E-state index in [2.05, 4.69) is 244 Å². The zero-order chi connectivity index (χ0) is 48.4. The number of nitrogens with one attached hydrogen (secondary N) is 1. The molecule has 0 spiro atoms. The zero-order valence-electron chi connectivity index (χ0n) is 40.3.